The number of aromatic nitrogens is 2. The molecule has 150 valence electrons. The molecule has 4 heterocycles. The molecule has 2 aromatic heterocycles. The number of nitrogens with zero attached hydrogens (tertiary/aromatic N) is 5. The van der Waals surface area contributed by atoms with E-state index in [1.54, 1.807) is 17.0 Å². The Morgan fingerprint density at radius 1 is 1.03 bits per heavy atom. The first-order chi connectivity index (χ1) is 13.9. The number of amides is 4. The number of anilines is 2. The molecule has 0 spiro atoms. The number of hydrogen-bond donors (Lipinski definition) is 1. The molecule has 2 aliphatic heterocycles. The molecule has 9 nitrogen and oxygen atoms in total. The smallest absolute Gasteiger partial charge is 0.330 e. The topological polar surface area (TPSA) is 98.7 Å². The number of urea groups is 1. The number of hydrogen-bond acceptors (Lipinski definition) is 6. The van der Waals surface area contributed by atoms with E-state index in [0.29, 0.717) is 37.6 Å². The molecule has 0 atom stereocenters. The van der Waals surface area contributed by atoms with Gasteiger partial charge in [0.1, 0.15) is 18.2 Å². The van der Waals surface area contributed by atoms with E-state index in [-0.39, 0.29) is 18.4 Å². The van der Waals surface area contributed by atoms with Crippen LogP contribution in [0.5, 0.6) is 0 Å². The highest BCUT2D eigenvalue weighted by Gasteiger charge is 2.29. The Kier molecular flexibility index (Phi) is 4.87. The summed E-state index contributed by atoms with van der Waals surface area (Å²) in [4.78, 5) is 49.8. The van der Waals surface area contributed by atoms with Crippen molar-refractivity contribution in [2.45, 2.75) is 13.8 Å². The van der Waals surface area contributed by atoms with E-state index in [2.05, 4.69) is 26.3 Å². The van der Waals surface area contributed by atoms with E-state index in [0.717, 1.165) is 16.9 Å². The minimum Gasteiger partial charge on any atom is -0.353 e. The highest BCUT2D eigenvalue weighted by molar-refractivity contribution is 6.11. The molecule has 2 aliphatic rings. The van der Waals surface area contributed by atoms with Crippen molar-refractivity contribution in [1.82, 2.24) is 20.2 Å². The molecule has 4 amide bonds. The average Bonchev–Trinajstić information content (AvgIpc) is 3.06. The van der Waals surface area contributed by atoms with Gasteiger partial charge < -0.3 is 9.80 Å². The summed E-state index contributed by atoms with van der Waals surface area (Å²) in [6.45, 7) is 6.63. The zero-order chi connectivity index (χ0) is 20.5. The normalized spacial score (nSPS) is 17.0. The van der Waals surface area contributed by atoms with E-state index >= 15 is 0 Å². The van der Waals surface area contributed by atoms with Crippen LogP contribution in [0.1, 0.15) is 21.5 Å². The molecular formula is C20H22N6O3. The number of rotatable bonds is 3. The van der Waals surface area contributed by atoms with Gasteiger partial charge in [-0.25, -0.2) is 14.8 Å². The van der Waals surface area contributed by atoms with Crippen molar-refractivity contribution in [3.63, 3.8) is 0 Å². The van der Waals surface area contributed by atoms with Crippen LogP contribution in [0, 0.1) is 13.8 Å². The number of carbonyl (C=O) groups excluding carboxylic acids is 3. The Morgan fingerprint density at radius 3 is 2.38 bits per heavy atom. The highest BCUT2D eigenvalue weighted by Crippen LogP contribution is 2.20. The van der Waals surface area contributed by atoms with Gasteiger partial charge >= 0.3 is 6.03 Å². The van der Waals surface area contributed by atoms with Gasteiger partial charge in [0.05, 0.1) is 5.56 Å². The fourth-order valence-corrected chi connectivity index (χ4v) is 3.64. The maximum absolute atomic E-state index is 12.8. The van der Waals surface area contributed by atoms with Crippen LogP contribution in [0.25, 0.3) is 0 Å². The lowest BCUT2D eigenvalue weighted by Crippen LogP contribution is -2.49. The summed E-state index contributed by atoms with van der Waals surface area (Å²) in [6, 6.07) is 4.83. The number of carbonyl (C=O) groups is 3. The molecule has 0 unspecified atom stereocenters. The highest BCUT2D eigenvalue weighted by atomic mass is 16.2. The van der Waals surface area contributed by atoms with Gasteiger partial charge in [0.25, 0.3) is 5.91 Å². The zero-order valence-corrected chi connectivity index (χ0v) is 16.4. The van der Waals surface area contributed by atoms with Crippen LogP contribution in [-0.4, -0.2) is 65.4 Å². The third kappa shape index (κ3) is 3.75. The Balaban J connectivity index is 1.39. The molecule has 9 heteroatoms. The molecule has 1 N–H and O–H groups in total. The summed E-state index contributed by atoms with van der Waals surface area (Å²) in [5.74, 6) is 0.843. The standard InChI is InChI=1S/C20H22N6O3/c1-13-9-14(2)18(22-10-13)24-5-7-25(8-6-24)19(28)15-3-4-16(21-11-15)26-12-17(27)23-20(26)29/h3-4,9-11H,5-8,12H2,1-2H3,(H,23,27,29). The molecule has 0 aromatic carbocycles. The zero-order valence-electron chi connectivity index (χ0n) is 16.4. The maximum Gasteiger partial charge on any atom is 0.330 e. The fraction of sp³-hybridized carbons (Fsp3) is 0.350. The van der Waals surface area contributed by atoms with Gasteiger partial charge in [0.2, 0.25) is 5.91 Å². The number of aryl methyl sites for hydroxylation is 2. The van der Waals surface area contributed by atoms with Crippen LogP contribution in [0.3, 0.4) is 0 Å². The van der Waals surface area contributed by atoms with E-state index in [4.69, 9.17) is 0 Å². The second-order valence-corrected chi connectivity index (χ2v) is 7.28. The summed E-state index contributed by atoms with van der Waals surface area (Å²) in [7, 11) is 0. The lowest BCUT2D eigenvalue weighted by Gasteiger charge is -2.36. The van der Waals surface area contributed by atoms with Crippen molar-refractivity contribution in [3.8, 4) is 0 Å². The van der Waals surface area contributed by atoms with E-state index in [9.17, 15) is 14.4 Å². The van der Waals surface area contributed by atoms with Crippen molar-refractivity contribution in [3.05, 3.63) is 47.3 Å². The number of piperazine rings is 1. The predicted molar refractivity (Wildman–Crippen MR) is 107 cm³/mol. The molecule has 0 radical (unpaired) electrons. The second-order valence-electron chi connectivity index (χ2n) is 7.28. The Labute approximate surface area is 168 Å². The molecule has 0 bridgehead atoms. The molecule has 2 saturated heterocycles. The van der Waals surface area contributed by atoms with Gasteiger partial charge in [0.15, 0.2) is 0 Å². The fourth-order valence-electron chi connectivity index (χ4n) is 3.64. The molecule has 29 heavy (non-hydrogen) atoms. The largest absolute Gasteiger partial charge is 0.353 e. The van der Waals surface area contributed by atoms with Gasteiger partial charge in [-0.15, -0.1) is 0 Å². The van der Waals surface area contributed by atoms with Crippen molar-refractivity contribution < 1.29 is 14.4 Å². The molecular weight excluding hydrogens is 372 g/mol. The Bertz CT molecular complexity index is 967. The van der Waals surface area contributed by atoms with Crippen LogP contribution in [-0.2, 0) is 4.79 Å². The van der Waals surface area contributed by atoms with Gasteiger partial charge in [0, 0.05) is 38.6 Å². The van der Waals surface area contributed by atoms with E-state index in [1.807, 2.05) is 20.0 Å². The summed E-state index contributed by atoms with van der Waals surface area (Å²) < 4.78 is 0. The van der Waals surface area contributed by atoms with Gasteiger partial charge in [-0.2, -0.15) is 0 Å². The molecule has 2 fully saturated rings. The van der Waals surface area contributed by atoms with Crippen LogP contribution in [0.4, 0.5) is 16.4 Å². The molecule has 0 aliphatic carbocycles. The number of nitrogens with one attached hydrogen (secondary N) is 1. The van der Waals surface area contributed by atoms with Crippen molar-refractivity contribution in [1.29, 1.82) is 0 Å². The van der Waals surface area contributed by atoms with Crippen LogP contribution in [0.2, 0.25) is 0 Å². The van der Waals surface area contributed by atoms with Gasteiger partial charge in [-0.05, 0) is 37.1 Å². The van der Waals surface area contributed by atoms with Crippen molar-refractivity contribution in [2.75, 3.05) is 42.5 Å². The maximum atomic E-state index is 12.8. The average molecular weight is 394 g/mol. The number of imide groups is 1. The molecule has 0 saturated carbocycles. The lowest BCUT2D eigenvalue weighted by atomic mass is 10.2. The first-order valence-corrected chi connectivity index (χ1v) is 9.47. The van der Waals surface area contributed by atoms with Crippen LogP contribution >= 0.6 is 0 Å². The number of pyridine rings is 2. The Morgan fingerprint density at radius 2 is 1.79 bits per heavy atom. The second kappa shape index (κ2) is 7.50. The summed E-state index contributed by atoms with van der Waals surface area (Å²) in [6.07, 6.45) is 3.31. The first kappa shape index (κ1) is 18.9. The molecule has 2 aromatic rings. The summed E-state index contributed by atoms with van der Waals surface area (Å²) in [5, 5.41) is 2.20. The van der Waals surface area contributed by atoms with E-state index in [1.165, 1.54) is 11.1 Å². The van der Waals surface area contributed by atoms with Crippen LogP contribution < -0.4 is 15.1 Å². The quantitative estimate of drug-likeness (QED) is 0.783. The van der Waals surface area contributed by atoms with E-state index < -0.39 is 6.03 Å². The minimum atomic E-state index is -0.502. The monoisotopic (exact) mass is 394 g/mol. The Hall–Kier alpha value is -3.49. The predicted octanol–water partition coefficient (Wildman–Crippen LogP) is 1.11. The van der Waals surface area contributed by atoms with Crippen molar-refractivity contribution in [2.24, 2.45) is 0 Å². The van der Waals surface area contributed by atoms with Gasteiger partial charge in [-0.1, -0.05) is 6.07 Å². The SMILES string of the molecule is Cc1cnc(N2CCN(C(=O)c3ccc(N4CC(=O)NC4=O)nc3)CC2)c(C)c1. The summed E-state index contributed by atoms with van der Waals surface area (Å²) in [5.41, 5.74) is 2.72. The third-order valence-corrected chi connectivity index (χ3v) is 5.12. The van der Waals surface area contributed by atoms with Crippen LogP contribution in [0.15, 0.2) is 30.6 Å². The lowest BCUT2D eigenvalue weighted by molar-refractivity contribution is -0.117. The van der Waals surface area contributed by atoms with Crippen molar-refractivity contribution >= 4 is 29.5 Å². The van der Waals surface area contributed by atoms with Gasteiger partial charge in [-0.3, -0.25) is 19.8 Å². The minimum absolute atomic E-state index is 0.0620. The third-order valence-electron chi connectivity index (χ3n) is 5.12. The first-order valence-electron chi connectivity index (χ1n) is 9.47. The summed E-state index contributed by atoms with van der Waals surface area (Å²) >= 11 is 0. The molecule has 4 rings (SSSR count).